The summed E-state index contributed by atoms with van der Waals surface area (Å²) < 4.78 is 14.9. The monoisotopic (exact) mass is 261 g/mol. The van der Waals surface area contributed by atoms with E-state index >= 15 is 0 Å². The molecule has 1 heterocycles. The molecule has 1 N–H and O–H groups in total. The maximum Gasteiger partial charge on any atom is 0.256 e. The van der Waals surface area contributed by atoms with Crippen molar-refractivity contribution in [1.29, 1.82) is 0 Å². The van der Waals surface area contributed by atoms with Gasteiger partial charge in [-0.05, 0) is 44.5 Å². The number of aromatic nitrogens is 2. The first kappa shape index (κ1) is 13.3. The lowest BCUT2D eigenvalue weighted by Crippen LogP contribution is -2.16. The molecule has 4 nitrogen and oxygen atoms in total. The highest BCUT2D eigenvalue weighted by Gasteiger charge is 2.12. The molecule has 2 rings (SSSR count). The quantitative estimate of drug-likeness (QED) is 0.922. The Bertz CT molecular complexity index is 604. The van der Waals surface area contributed by atoms with Crippen molar-refractivity contribution in [2.24, 2.45) is 0 Å². The summed E-state index contributed by atoms with van der Waals surface area (Å²) in [6, 6.07) is 6.17. The number of hydrogen-bond acceptors (Lipinski definition) is 2. The summed E-state index contributed by atoms with van der Waals surface area (Å²) in [6.45, 7) is 5.58. The lowest BCUT2D eigenvalue weighted by atomic mass is 10.1. The van der Waals surface area contributed by atoms with Gasteiger partial charge in [0.1, 0.15) is 11.6 Å². The number of carbonyl (C=O) groups is 1. The number of nitrogens with one attached hydrogen (secondary N) is 1. The van der Waals surface area contributed by atoms with E-state index in [9.17, 15) is 9.18 Å². The smallest absolute Gasteiger partial charge is 0.256 e. The molecular formula is C14H16FN3O. The first-order valence-corrected chi connectivity index (χ1v) is 6.10. The zero-order chi connectivity index (χ0) is 14.0. The molecule has 0 saturated carbocycles. The van der Waals surface area contributed by atoms with Gasteiger partial charge in [0.15, 0.2) is 0 Å². The third kappa shape index (κ3) is 2.81. The van der Waals surface area contributed by atoms with Gasteiger partial charge in [-0.15, -0.1) is 0 Å². The molecular weight excluding hydrogens is 245 g/mol. The SMILES string of the molecule is Cc1cc(C(=O)Nc2ccnn2C(C)C)ccc1F. The van der Waals surface area contributed by atoms with E-state index in [2.05, 4.69) is 10.4 Å². The molecule has 2 aromatic rings. The molecule has 0 unspecified atom stereocenters. The number of hydrogen-bond donors (Lipinski definition) is 1. The molecule has 0 aliphatic heterocycles. The van der Waals surface area contributed by atoms with Crippen molar-refractivity contribution in [3.8, 4) is 0 Å². The highest BCUT2D eigenvalue weighted by Crippen LogP contribution is 2.15. The summed E-state index contributed by atoms with van der Waals surface area (Å²) in [5.41, 5.74) is 0.875. The highest BCUT2D eigenvalue weighted by molar-refractivity contribution is 6.03. The number of carbonyl (C=O) groups excluding carboxylic acids is 1. The summed E-state index contributed by atoms with van der Waals surface area (Å²) in [4.78, 5) is 12.1. The largest absolute Gasteiger partial charge is 0.307 e. The molecule has 0 spiro atoms. The van der Waals surface area contributed by atoms with Crippen LogP contribution < -0.4 is 5.32 Å². The van der Waals surface area contributed by atoms with Crippen LogP contribution in [0.4, 0.5) is 10.2 Å². The summed E-state index contributed by atoms with van der Waals surface area (Å²) in [7, 11) is 0. The molecule has 0 bridgehead atoms. The fourth-order valence-corrected chi connectivity index (χ4v) is 1.80. The van der Waals surface area contributed by atoms with Crippen LogP contribution >= 0.6 is 0 Å². The Morgan fingerprint density at radius 1 is 1.37 bits per heavy atom. The van der Waals surface area contributed by atoms with Crippen molar-refractivity contribution in [2.75, 3.05) is 5.32 Å². The summed E-state index contributed by atoms with van der Waals surface area (Å²) in [6.07, 6.45) is 1.63. The normalized spacial score (nSPS) is 10.8. The number of anilines is 1. The number of nitrogens with zero attached hydrogens (tertiary/aromatic N) is 2. The van der Waals surface area contributed by atoms with Crippen LogP contribution in [-0.2, 0) is 0 Å². The number of amides is 1. The molecule has 19 heavy (non-hydrogen) atoms. The molecule has 0 fully saturated rings. The zero-order valence-electron chi connectivity index (χ0n) is 11.1. The number of rotatable bonds is 3. The maximum absolute atomic E-state index is 13.2. The average Bonchev–Trinajstić information content (AvgIpc) is 2.80. The van der Waals surface area contributed by atoms with Gasteiger partial charge in [-0.25, -0.2) is 9.07 Å². The van der Waals surface area contributed by atoms with E-state index < -0.39 is 0 Å². The molecule has 1 aromatic heterocycles. The van der Waals surface area contributed by atoms with E-state index in [1.54, 1.807) is 23.9 Å². The average molecular weight is 261 g/mol. The molecule has 0 aliphatic carbocycles. The second kappa shape index (κ2) is 5.22. The van der Waals surface area contributed by atoms with Crippen molar-refractivity contribution in [3.63, 3.8) is 0 Å². The van der Waals surface area contributed by atoms with Gasteiger partial charge in [0.05, 0.1) is 6.20 Å². The Morgan fingerprint density at radius 2 is 2.11 bits per heavy atom. The van der Waals surface area contributed by atoms with Gasteiger partial charge in [-0.2, -0.15) is 5.10 Å². The van der Waals surface area contributed by atoms with Crippen LogP contribution in [0.1, 0.15) is 35.8 Å². The third-order valence-electron chi connectivity index (χ3n) is 2.82. The third-order valence-corrected chi connectivity index (χ3v) is 2.82. The summed E-state index contributed by atoms with van der Waals surface area (Å²) in [5.74, 6) is 0.0382. The fourth-order valence-electron chi connectivity index (χ4n) is 1.80. The van der Waals surface area contributed by atoms with Crippen molar-refractivity contribution >= 4 is 11.7 Å². The summed E-state index contributed by atoms with van der Waals surface area (Å²) >= 11 is 0. The number of aryl methyl sites for hydroxylation is 1. The summed E-state index contributed by atoms with van der Waals surface area (Å²) in [5, 5.41) is 6.91. The topological polar surface area (TPSA) is 46.9 Å². The fraction of sp³-hybridized carbons (Fsp3) is 0.286. The lowest BCUT2D eigenvalue weighted by Gasteiger charge is -2.12. The van der Waals surface area contributed by atoms with Crippen molar-refractivity contribution in [1.82, 2.24) is 9.78 Å². The molecule has 1 amide bonds. The zero-order valence-corrected chi connectivity index (χ0v) is 11.1. The van der Waals surface area contributed by atoms with Gasteiger partial charge in [-0.3, -0.25) is 4.79 Å². The van der Waals surface area contributed by atoms with Gasteiger partial charge in [0.25, 0.3) is 5.91 Å². The van der Waals surface area contributed by atoms with Crippen LogP contribution in [-0.4, -0.2) is 15.7 Å². The Morgan fingerprint density at radius 3 is 2.74 bits per heavy atom. The van der Waals surface area contributed by atoms with Crippen molar-refractivity contribution in [2.45, 2.75) is 26.8 Å². The van der Waals surface area contributed by atoms with Crippen LogP contribution in [0.3, 0.4) is 0 Å². The molecule has 0 radical (unpaired) electrons. The Labute approximate surface area is 111 Å². The van der Waals surface area contributed by atoms with Crippen LogP contribution in [0.5, 0.6) is 0 Å². The Kier molecular flexibility index (Phi) is 3.64. The van der Waals surface area contributed by atoms with E-state index in [0.29, 0.717) is 16.9 Å². The number of benzene rings is 1. The van der Waals surface area contributed by atoms with E-state index in [1.807, 2.05) is 13.8 Å². The van der Waals surface area contributed by atoms with Crippen molar-refractivity contribution in [3.05, 3.63) is 47.4 Å². The van der Waals surface area contributed by atoms with E-state index in [-0.39, 0.29) is 17.8 Å². The maximum atomic E-state index is 13.2. The second-order valence-corrected chi connectivity index (χ2v) is 4.67. The lowest BCUT2D eigenvalue weighted by molar-refractivity contribution is 0.102. The first-order valence-electron chi connectivity index (χ1n) is 6.10. The van der Waals surface area contributed by atoms with E-state index in [4.69, 9.17) is 0 Å². The van der Waals surface area contributed by atoms with Crippen LogP contribution in [0.2, 0.25) is 0 Å². The number of halogens is 1. The van der Waals surface area contributed by atoms with E-state index in [0.717, 1.165) is 0 Å². The minimum Gasteiger partial charge on any atom is -0.307 e. The second-order valence-electron chi connectivity index (χ2n) is 4.67. The van der Waals surface area contributed by atoms with Gasteiger partial charge in [-0.1, -0.05) is 0 Å². The Hall–Kier alpha value is -2.17. The predicted molar refractivity (Wildman–Crippen MR) is 71.7 cm³/mol. The first-order chi connectivity index (χ1) is 8.99. The molecule has 5 heteroatoms. The molecule has 1 aromatic carbocycles. The minimum atomic E-state index is -0.316. The van der Waals surface area contributed by atoms with Crippen molar-refractivity contribution < 1.29 is 9.18 Å². The predicted octanol–water partition coefficient (Wildman–Crippen LogP) is 3.16. The van der Waals surface area contributed by atoms with E-state index in [1.165, 1.54) is 18.2 Å². The standard InChI is InChI=1S/C14H16FN3O/c1-9(2)18-13(6-7-16-18)17-14(19)11-4-5-12(15)10(3)8-11/h4-9H,1-3H3,(H,17,19). The van der Waals surface area contributed by atoms with Gasteiger partial charge >= 0.3 is 0 Å². The van der Waals surface area contributed by atoms with Gasteiger partial charge < -0.3 is 5.32 Å². The Balaban J connectivity index is 2.21. The van der Waals surface area contributed by atoms with Gasteiger partial charge in [0.2, 0.25) is 0 Å². The molecule has 100 valence electrons. The van der Waals surface area contributed by atoms with Gasteiger partial charge in [0, 0.05) is 17.7 Å². The molecule has 0 atom stereocenters. The van der Waals surface area contributed by atoms with Crippen LogP contribution in [0, 0.1) is 12.7 Å². The minimum absolute atomic E-state index is 0.153. The highest BCUT2D eigenvalue weighted by atomic mass is 19.1. The van der Waals surface area contributed by atoms with Crippen LogP contribution in [0.15, 0.2) is 30.5 Å². The molecule has 0 aliphatic rings. The molecule has 0 saturated heterocycles. The van der Waals surface area contributed by atoms with Crippen LogP contribution in [0.25, 0.3) is 0 Å².